The van der Waals surface area contributed by atoms with Gasteiger partial charge in [-0.3, -0.25) is 10.1 Å². The van der Waals surface area contributed by atoms with Gasteiger partial charge in [0.05, 0.1) is 23.8 Å². The molecule has 0 bridgehead atoms. The number of esters is 1. The topological polar surface area (TPSA) is 76.7 Å². The maximum atomic E-state index is 12.7. The molecule has 178 valence electrons. The van der Waals surface area contributed by atoms with Gasteiger partial charge in [-0.15, -0.1) is 11.3 Å². The monoisotopic (exact) mass is 552 g/mol. The lowest BCUT2D eigenvalue weighted by Gasteiger charge is -2.33. The lowest BCUT2D eigenvalue weighted by molar-refractivity contribution is 0.0600. The van der Waals surface area contributed by atoms with Crippen molar-refractivity contribution < 1.29 is 19.1 Å². The van der Waals surface area contributed by atoms with Crippen molar-refractivity contribution in [2.45, 2.75) is 47.0 Å². The average molecular weight is 554 g/mol. The molecule has 2 aromatic rings. The van der Waals surface area contributed by atoms with Gasteiger partial charge in [0.2, 0.25) is 0 Å². The Balaban J connectivity index is 1.78. The number of fused-ring (bicyclic) bond motifs is 1. The summed E-state index contributed by atoms with van der Waals surface area (Å²) < 4.78 is 11.2. The van der Waals surface area contributed by atoms with E-state index in [4.69, 9.17) is 21.7 Å². The molecule has 0 saturated carbocycles. The van der Waals surface area contributed by atoms with E-state index in [0.29, 0.717) is 38.9 Å². The van der Waals surface area contributed by atoms with Gasteiger partial charge in [-0.2, -0.15) is 0 Å². The van der Waals surface area contributed by atoms with Crippen molar-refractivity contribution in [3.05, 3.63) is 44.2 Å². The van der Waals surface area contributed by atoms with Gasteiger partial charge in [0.15, 0.2) is 5.11 Å². The number of halogens is 1. The molecule has 0 aliphatic heterocycles. The third kappa shape index (κ3) is 5.94. The Hall–Kier alpha value is -1.97. The van der Waals surface area contributed by atoms with Gasteiger partial charge in [0.1, 0.15) is 10.8 Å². The van der Waals surface area contributed by atoms with Crippen molar-refractivity contribution in [1.29, 1.82) is 0 Å². The largest absolute Gasteiger partial charge is 0.493 e. The van der Waals surface area contributed by atoms with Gasteiger partial charge in [0, 0.05) is 10.4 Å². The lowest BCUT2D eigenvalue weighted by atomic mass is 9.72. The predicted octanol–water partition coefficient (Wildman–Crippen LogP) is 5.97. The molecule has 1 unspecified atom stereocenters. The molecule has 6 nitrogen and oxygen atoms in total. The molecular formula is C24H29BrN2O4S2. The van der Waals surface area contributed by atoms with Crippen LogP contribution in [0.15, 0.2) is 22.7 Å². The van der Waals surface area contributed by atoms with E-state index in [-0.39, 0.29) is 16.4 Å². The Labute approximate surface area is 212 Å². The van der Waals surface area contributed by atoms with Gasteiger partial charge in [-0.05, 0) is 89.4 Å². The van der Waals surface area contributed by atoms with Crippen LogP contribution in [0.25, 0.3) is 0 Å². The van der Waals surface area contributed by atoms with Crippen LogP contribution >= 0.6 is 39.5 Å². The smallest absolute Gasteiger partial charge is 0.341 e. The summed E-state index contributed by atoms with van der Waals surface area (Å²) in [6.07, 6.45) is 2.75. The van der Waals surface area contributed by atoms with Crippen molar-refractivity contribution in [1.82, 2.24) is 5.32 Å². The summed E-state index contributed by atoms with van der Waals surface area (Å²) in [5.74, 6) is 0.445. The molecule has 1 aliphatic carbocycles. The number of hydrogen-bond acceptors (Lipinski definition) is 6. The van der Waals surface area contributed by atoms with Gasteiger partial charge >= 0.3 is 5.97 Å². The van der Waals surface area contributed by atoms with Crippen LogP contribution in [0.1, 0.15) is 65.3 Å². The highest BCUT2D eigenvalue weighted by Crippen LogP contribution is 2.44. The first kappa shape index (κ1) is 25.6. The third-order valence-corrected chi connectivity index (χ3v) is 7.82. The fraction of sp³-hybridized carbons (Fsp3) is 0.458. The second kappa shape index (κ2) is 10.5. The zero-order valence-electron chi connectivity index (χ0n) is 19.5. The van der Waals surface area contributed by atoms with E-state index in [1.807, 2.05) is 6.92 Å². The number of carbonyl (C=O) groups is 2. The van der Waals surface area contributed by atoms with Crippen molar-refractivity contribution >= 4 is 61.5 Å². The third-order valence-electron chi connectivity index (χ3n) is 5.83. The Kier molecular flexibility index (Phi) is 8.18. The number of benzene rings is 1. The number of thiophene rings is 1. The maximum Gasteiger partial charge on any atom is 0.341 e. The van der Waals surface area contributed by atoms with E-state index >= 15 is 0 Å². The number of hydrogen-bond donors (Lipinski definition) is 2. The van der Waals surface area contributed by atoms with Crippen molar-refractivity contribution in [3.63, 3.8) is 0 Å². The first-order chi connectivity index (χ1) is 15.5. The van der Waals surface area contributed by atoms with E-state index in [2.05, 4.69) is 47.3 Å². The Morgan fingerprint density at radius 1 is 1.30 bits per heavy atom. The van der Waals surface area contributed by atoms with E-state index in [1.165, 1.54) is 23.3 Å². The summed E-state index contributed by atoms with van der Waals surface area (Å²) in [4.78, 5) is 26.5. The second-order valence-electron chi connectivity index (χ2n) is 8.99. The first-order valence-electron chi connectivity index (χ1n) is 10.8. The summed E-state index contributed by atoms with van der Waals surface area (Å²) in [5, 5.41) is 6.50. The zero-order valence-corrected chi connectivity index (χ0v) is 22.7. The molecule has 0 radical (unpaired) electrons. The van der Waals surface area contributed by atoms with Crippen LogP contribution in [0.2, 0.25) is 0 Å². The Morgan fingerprint density at radius 2 is 2.03 bits per heavy atom. The molecule has 1 aromatic heterocycles. The summed E-state index contributed by atoms with van der Waals surface area (Å²) in [6, 6.07) is 5.08. The molecule has 2 N–H and O–H groups in total. The van der Waals surface area contributed by atoms with E-state index < -0.39 is 5.97 Å². The number of methoxy groups -OCH3 is 1. The van der Waals surface area contributed by atoms with Crippen LogP contribution in [0, 0.1) is 11.3 Å². The van der Waals surface area contributed by atoms with Gasteiger partial charge in [-0.25, -0.2) is 4.79 Å². The number of ether oxygens (including phenoxy) is 2. The molecule has 9 heteroatoms. The quantitative estimate of drug-likeness (QED) is 0.351. The number of thiocarbonyl (C=S) groups is 1. The van der Waals surface area contributed by atoms with Gasteiger partial charge < -0.3 is 14.8 Å². The number of amides is 1. The van der Waals surface area contributed by atoms with Crippen LogP contribution in [0.5, 0.6) is 5.75 Å². The number of anilines is 1. The Morgan fingerprint density at radius 3 is 2.64 bits per heavy atom. The lowest BCUT2D eigenvalue weighted by Crippen LogP contribution is -2.34. The van der Waals surface area contributed by atoms with Crippen molar-refractivity contribution in [2.75, 3.05) is 19.0 Å². The maximum absolute atomic E-state index is 12.7. The summed E-state index contributed by atoms with van der Waals surface area (Å²) in [6.45, 7) is 9.18. The van der Waals surface area contributed by atoms with Gasteiger partial charge in [0.25, 0.3) is 5.91 Å². The molecule has 0 fully saturated rings. The van der Waals surface area contributed by atoms with Crippen LogP contribution in [0.3, 0.4) is 0 Å². The molecule has 1 atom stereocenters. The minimum atomic E-state index is -0.395. The SMILES string of the molecule is CCOc1ccc(C(=O)NC(=S)Nc2sc3c(c2C(=O)OC)CCC(C(C)(C)C)C3)cc1Br. The second-order valence-corrected chi connectivity index (χ2v) is 11.4. The predicted molar refractivity (Wildman–Crippen MR) is 140 cm³/mol. The van der Waals surface area contributed by atoms with E-state index in [1.54, 1.807) is 18.2 Å². The van der Waals surface area contributed by atoms with Crippen LogP contribution in [-0.2, 0) is 17.6 Å². The van der Waals surface area contributed by atoms with E-state index in [9.17, 15) is 9.59 Å². The van der Waals surface area contributed by atoms with Crippen molar-refractivity contribution in [3.8, 4) is 5.75 Å². The molecule has 1 amide bonds. The number of rotatable bonds is 5. The molecule has 1 aromatic carbocycles. The molecule has 33 heavy (non-hydrogen) atoms. The molecular weight excluding hydrogens is 524 g/mol. The molecule has 1 aliphatic rings. The fourth-order valence-corrected chi connectivity index (χ4v) is 6.03. The van der Waals surface area contributed by atoms with E-state index in [0.717, 1.165) is 24.8 Å². The summed E-state index contributed by atoms with van der Waals surface area (Å²) in [7, 11) is 1.38. The summed E-state index contributed by atoms with van der Waals surface area (Å²) in [5.41, 5.74) is 2.17. The number of nitrogens with one attached hydrogen (secondary N) is 2. The molecule has 0 saturated heterocycles. The van der Waals surface area contributed by atoms with Gasteiger partial charge in [-0.1, -0.05) is 20.8 Å². The van der Waals surface area contributed by atoms with Crippen molar-refractivity contribution in [2.24, 2.45) is 11.3 Å². The average Bonchev–Trinajstić information content (AvgIpc) is 3.10. The molecule has 1 heterocycles. The fourth-order valence-electron chi connectivity index (χ4n) is 3.96. The zero-order chi connectivity index (χ0) is 24.3. The standard InChI is InChI=1S/C24H29BrN2O4S2/c1-6-31-17-10-7-13(11-16(17)25)20(28)26-23(32)27-21-19(22(29)30-5)15-9-8-14(24(2,3)4)12-18(15)33-21/h7,10-11,14H,6,8-9,12H2,1-5H3,(H2,26,27,28,32). The highest BCUT2D eigenvalue weighted by atomic mass is 79.9. The highest BCUT2D eigenvalue weighted by Gasteiger charge is 2.34. The highest BCUT2D eigenvalue weighted by molar-refractivity contribution is 9.10. The minimum absolute atomic E-state index is 0.126. The van der Waals surface area contributed by atoms with Crippen LogP contribution < -0.4 is 15.4 Å². The Bertz CT molecular complexity index is 1080. The molecule has 0 spiro atoms. The minimum Gasteiger partial charge on any atom is -0.493 e. The first-order valence-corrected chi connectivity index (χ1v) is 12.8. The van der Waals surface area contributed by atoms with Crippen LogP contribution in [-0.4, -0.2) is 30.7 Å². The summed E-state index contributed by atoms with van der Waals surface area (Å²) >= 11 is 10.3. The number of carbonyl (C=O) groups excluding carboxylic acids is 2. The molecule has 3 rings (SSSR count). The normalized spacial score (nSPS) is 15.4. The van der Waals surface area contributed by atoms with Crippen LogP contribution in [0.4, 0.5) is 5.00 Å².